The van der Waals surface area contributed by atoms with Gasteiger partial charge in [0.25, 0.3) is 0 Å². The molecule has 1 aromatic carbocycles. The summed E-state index contributed by atoms with van der Waals surface area (Å²) in [5.74, 6) is -0.574. The molecular weight excluding hydrogens is 248 g/mol. The maximum absolute atomic E-state index is 13.3. The first-order valence-electron chi connectivity index (χ1n) is 4.80. The van der Waals surface area contributed by atoms with Crippen molar-refractivity contribution in [3.05, 3.63) is 51.5 Å². The fourth-order valence-corrected chi connectivity index (χ4v) is 2.22. The number of benzene rings is 1. The number of aromatic nitrogens is 1. The van der Waals surface area contributed by atoms with Gasteiger partial charge in [-0.2, -0.15) is 0 Å². The van der Waals surface area contributed by atoms with Gasteiger partial charge < -0.3 is 4.57 Å². The number of halogens is 3. The molecule has 0 aliphatic rings. The van der Waals surface area contributed by atoms with Gasteiger partial charge in [0.1, 0.15) is 0 Å². The van der Waals surface area contributed by atoms with E-state index >= 15 is 0 Å². The second-order valence-electron chi connectivity index (χ2n) is 3.67. The molecule has 0 amide bonds. The van der Waals surface area contributed by atoms with E-state index in [1.807, 2.05) is 30.5 Å². The third-order valence-electron chi connectivity index (χ3n) is 2.50. The summed E-state index contributed by atoms with van der Waals surface area (Å²) in [4.78, 5) is 0. The van der Waals surface area contributed by atoms with Gasteiger partial charge >= 0.3 is 0 Å². The molecule has 0 N–H and O–H groups in total. The maximum atomic E-state index is 13.3. The Labute approximate surface area is 103 Å². The molecule has 1 aromatic heterocycles. The summed E-state index contributed by atoms with van der Waals surface area (Å²) < 4.78 is 15.2. The Balaban J connectivity index is 2.66. The molecule has 0 saturated heterocycles. The molecule has 0 unspecified atom stereocenters. The van der Waals surface area contributed by atoms with Gasteiger partial charge in [-0.1, -0.05) is 23.2 Å². The number of hydrogen-bond acceptors (Lipinski definition) is 0. The minimum Gasteiger partial charge on any atom is -0.318 e. The van der Waals surface area contributed by atoms with Crippen LogP contribution in [0, 0.1) is 19.7 Å². The third kappa shape index (κ3) is 1.83. The van der Waals surface area contributed by atoms with E-state index in [2.05, 4.69) is 0 Å². The fourth-order valence-electron chi connectivity index (χ4n) is 1.75. The van der Waals surface area contributed by atoms with Crippen molar-refractivity contribution in [1.29, 1.82) is 0 Å². The molecule has 0 saturated carbocycles. The van der Waals surface area contributed by atoms with Crippen LogP contribution in [0.25, 0.3) is 5.69 Å². The van der Waals surface area contributed by atoms with Crippen LogP contribution in [-0.2, 0) is 0 Å². The van der Waals surface area contributed by atoms with E-state index in [9.17, 15) is 4.39 Å². The molecule has 0 aliphatic heterocycles. The quantitative estimate of drug-likeness (QED) is 0.662. The molecule has 4 heteroatoms. The van der Waals surface area contributed by atoms with Gasteiger partial charge in [-0.05, 0) is 38.1 Å². The van der Waals surface area contributed by atoms with Crippen molar-refractivity contribution in [3.63, 3.8) is 0 Å². The molecule has 0 spiro atoms. The lowest BCUT2D eigenvalue weighted by atomic mass is 10.3. The lowest BCUT2D eigenvalue weighted by Gasteiger charge is -2.11. The largest absolute Gasteiger partial charge is 0.318 e. The van der Waals surface area contributed by atoms with Crippen molar-refractivity contribution in [3.8, 4) is 5.69 Å². The summed E-state index contributed by atoms with van der Waals surface area (Å²) in [7, 11) is 0. The lowest BCUT2D eigenvalue weighted by Crippen LogP contribution is -1.99. The third-order valence-corrected chi connectivity index (χ3v) is 3.05. The van der Waals surface area contributed by atoms with Gasteiger partial charge in [0.2, 0.25) is 0 Å². The molecule has 2 aromatic rings. The van der Waals surface area contributed by atoms with E-state index in [-0.39, 0.29) is 10.0 Å². The summed E-state index contributed by atoms with van der Waals surface area (Å²) in [6.07, 6.45) is 0. The molecule has 0 radical (unpaired) electrons. The first kappa shape index (κ1) is 11.5. The molecule has 1 heterocycles. The molecule has 1 nitrogen and oxygen atoms in total. The van der Waals surface area contributed by atoms with Crippen LogP contribution in [-0.4, -0.2) is 4.57 Å². The normalized spacial score (nSPS) is 10.8. The van der Waals surface area contributed by atoms with Crippen LogP contribution in [0.2, 0.25) is 10.0 Å². The SMILES string of the molecule is Cc1ccc(C)n1-c1cc(Cl)c(F)c(Cl)c1. The topological polar surface area (TPSA) is 4.93 Å². The van der Waals surface area contributed by atoms with Crippen LogP contribution in [0.15, 0.2) is 24.3 Å². The van der Waals surface area contributed by atoms with Crippen molar-refractivity contribution in [2.45, 2.75) is 13.8 Å². The minimum atomic E-state index is -0.574. The predicted molar refractivity (Wildman–Crippen MR) is 65.2 cm³/mol. The van der Waals surface area contributed by atoms with Crippen LogP contribution in [0.5, 0.6) is 0 Å². The highest BCUT2D eigenvalue weighted by molar-refractivity contribution is 6.35. The van der Waals surface area contributed by atoms with E-state index in [1.165, 1.54) is 0 Å². The number of aryl methyl sites for hydroxylation is 2. The van der Waals surface area contributed by atoms with E-state index in [1.54, 1.807) is 12.1 Å². The lowest BCUT2D eigenvalue weighted by molar-refractivity contribution is 0.628. The average molecular weight is 258 g/mol. The van der Waals surface area contributed by atoms with Gasteiger partial charge in [0.05, 0.1) is 10.0 Å². The van der Waals surface area contributed by atoms with Crippen molar-refractivity contribution in [2.24, 2.45) is 0 Å². The van der Waals surface area contributed by atoms with E-state index in [0.29, 0.717) is 0 Å². The van der Waals surface area contributed by atoms with Crippen LogP contribution in [0.3, 0.4) is 0 Å². The summed E-state index contributed by atoms with van der Waals surface area (Å²) in [6.45, 7) is 3.94. The predicted octanol–water partition coefficient (Wildman–Crippen LogP) is 4.54. The van der Waals surface area contributed by atoms with Crippen LogP contribution in [0.4, 0.5) is 4.39 Å². The van der Waals surface area contributed by atoms with Crippen molar-refractivity contribution in [1.82, 2.24) is 4.57 Å². The Bertz CT molecular complexity index is 503. The van der Waals surface area contributed by atoms with E-state index < -0.39 is 5.82 Å². The minimum absolute atomic E-state index is 0.0370. The average Bonchev–Trinajstić information content (AvgIpc) is 2.54. The van der Waals surface area contributed by atoms with Crippen molar-refractivity contribution >= 4 is 23.2 Å². The van der Waals surface area contributed by atoms with Crippen LogP contribution >= 0.6 is 23.2 Å². The highest BCUT2D eigenvalue weighted by Crippen LogP contribution is 2.28. The zero-order chi connectivity index (χ0) is 11.9. The Hall–Kier alpha value is -0.990. The van der Waals surface area contributed by atoms with Gasteiger partial charge in [0, 0.05) is 17.1 Å². The van der Waals surface area contributed by atoms with Crippen molar-refractivity contribution in [2.75, 3.05) is 0 Å². The Morgan fingerprint density at radius 3 is 1.88 bits per heavy atom. The van der Waals surface area contributed by atoms with E-state index in [4.69, 9.17) is 23.2 Å². The summed E-state index contributed by atoms with van der Waals surface area (Å²) in [6, 6.07) is 7.12. The van der Waals surface area contributed by atoms with Crippen LogP contribution in [0.1, 0.15) is 11.4 Å². The second-order valence-corrected chi connectivity index (χ2v) is 4.49. The summed E-state index contributed by atoms with van der Waals surface area (Å²) in [5.41, 5.74) is 2.88. The summed E-state index contributed by atoms with van der Waals surface area (Å²) >= 11 is 11.5. The van der Waals surface area contributed by atoms with Gasteiger partial charge in [-0.3, -0.25) is 0 Å². The Morgan fingerprint density at radius 2 is 1.44 bits per heavy atom. The highest BCUT2D eigenvalue weighted by atomic mass is 35.5. The van der Waals surface area contributed by atoms with Gasteiger partial charge in [-0.15, -0.1) is 0 Å². The first-order valence-corrected chi connectivity index (χ1v) is 5.56. The smallest absolute Gasteiger partial charge is 0.160 e. The molecule has 0 bridgehead atoms. The first-order chi connectivity index (χ1) is 7.50. The van der Waals surface area contributed by atoms with Gasteiger partial charge in [-0.25, -0.2) is 4.39 Å². The van der Waals surface area contributed by atoms with Crippen LogP contribution < -0.4 is 0 Å². The molecule has 0 fully saturated rings. The maximum Gasteiger partial charge on any atom is 0.160 e. The molecule has 16 heavy (non-hydrogen) atoms. The summed E-state index contributed by atoms with van der Waals surface area (Å²) in [5, 5.41) is 0.0741. The van der Waals surface area contributed by atoms with Crippen molar-refractivity contribution < 1.29 is 4.39 Å². The fraction of sp³-hybridized carbons (Fsp3) is 0.167. The Kier molecular flexibility index (Phi) is 2.96. The number of hydrogen-bond donors (Lipinski definition) is 0. The molecule has 84 valence electrons. The highest BCUT2D eigenvalue weighted by Gasteiger charge is 2.10. The standard InChI is InChI=1S/C12H10Cl2FN/c1-7-3-4-8(2)16(7)9-5-10(13)12(15)11(14)6-9/h3-6H,1-2H3. The number of rotatable bonds is 1. The molecule has 2 rings (SSSR count). The zero-order valence-corrected chi connectivity index (χ0v) is 10.4. The van der Waals surface area contributed by atoms with Gasteiger partial charge in [0.15, 0.2) is 5.82 Å². The Morgan fingerprint density at radius 1 is 1.00 bits per heavy atom. The van der Waals surface area contributed by atoms with E-state index in [0.717, 1.165) is 17.1 Å². The second kappa shape index (κ2) is 4.11. The number of nitrogens with zero attached hydrogens (tertiary/aromatic N) is 1. The molecular formula is C12H10Cl2FN. The monoisotopic (exact) mass is 257 g/mol. The molecule has 0 aliphatic carbocycles. The molecule has 0 atom stereocenters. The zero-order valence-electron chi connectivity index (χ0n) is 8.89.